The molecule has 0 aliphatic heterocycles. The van der Waals surface area contributed by atoms with Gasteiger partial charge in [-0.15, -0.1) is 11.8 Å². The SMILES string of the molecule is CCC(Sc1cccc(NC(=O)Cc2ccc(Cl)cc2)c1)C(=O)Nc1ccc([N+](=O)[O-])cc1. The van der Waals surface area contributed by atoms with Crippen molar-refractivity contribution >= 4 is 52.2 Å². The minimum Gasteiger partial charge on any atom is -0.326 e. The molecule has 0 aromatic heterocycles. The first-order chi connectivity index (χ1) is 15.8. The van der Waals surface area contributed by atoms with Crippen LogP contribution in [0.4, 0.5) is 17.1 Å². The third-order valence-electron chi connectivity index (χ3n) is 4.68. The van der Waals surface area contributed by atoms with E-state index in [9.17, 15) is 19.7 Å². The van der Waals surface area contributed by atoms with Crippen LogP contribution in [-0.2, 0) is 16.0 Å². The molecule has 3 aromatic carbocycles. The molecule has 0 aliphatic rings. The molecule has 3 aromatic rings. The van der Waals surface area contributed by atoms with E-state index in [4.69, 9.17) is 11.6 Å². The molecule has 0 heterocycles. The molecule has 0 radical (unpaired) electrons. The second-order valence-corrected chi connectivity index (χ2v) is 8.90. The van der Waals surface area contributed by atoms with Crippen LogP contribution in [0.25, 0.3) is 0 Å². The van der Waals surface area contributed by atoms with Crippen LogP contribution in [0.3, 0.4) is 0 Å². The van der Waals surface area contributed by atoms with E-state index in [0.29, 0.717) is 22.8 Å². The topological polar surface area (TPSA) is 101 Å². The summed E-state index contributed by atoms with van der Waals surface area (Å²) in [5.74, 6) is -0.351. The molecule has 1 atom stereocenters. The molecule has 7 nitrogen and oxygen atoms in total. The van der Waals surface area contributed by atoms with E-state index in [1.807, 2.05) is 37.3 Å². The average Bonchev–Trinajstić information content (AvgIpc) is 2.79. The van der Waals surface area contributed by atoms with Gasteiger partial charge in [0.25, 0.3) is 5.69 Å². The Morgan fingerprint density at radius 3 is 2.33 bits per heavy atom. The fourth-order valence-corrected chi connectivity index (χ4v) is 4.16. The van der Waals surface area contributed by atoms with E-state index in [-0.39, 0.29) is 29.2 Å². The Hall–Kier alpha value is -3.36. The summed E-state index contributed by atoms with van der Waals surface area (Å²) >= 11 is 7.26. The van der Waals surface area contributed by atoms with Crippen LogP contribution in [-0.4, -0.2) is 22.0 Å². The highest BCUT2D eigenvalue weighted by atomic mass is 35.5. The Morgan fingerprint density at radius 2 is 1.70 bits per heavy atom. The monoisotopic (exact) mass is 483 g/mol. The maximum Gasteiger partial charge on any atom is 0.269 e. The minimum atomic E-state index is -0.489. The summed E-state index contributed by atoms with van der Waals surface area (Å²) in [6.07, 6.45) is 0.806. The maximum absolute atomic E-state index is 12.7. The standard InChI is InChI=1S/C24H22ClN3O4S/c1-2-22(24(30)27-18-10-12-20(13-11-18)28(31)32)33-21-5-3-4-19(15-21)26-23(29)14-16-6-8-17(25)9-7-16/h3-13,15,22H,2,14H2,1H3,(H,26,29)(H,27,30). The number of non-ortho nitro benzene ring substituents is 1. The summed E-state index contributed by atoms with van der Waals surface area (Å²) in [6, 6.07) is 20.1. The van der Waals surface area contributed by atoms with Crippen molar-refractivity contribution in [1.82, 2.24) is 0 Å². The lowest BCUT2D eigenvalue weighted by Gasteiger charge is -2.15. The fourth-order valence-electron chi connectivity index (χ4n) is 3.02. The third kappa shape index (κ3) is 7.34. The normalized spacial score (nSPS) is 11.5. The predicted octanol–water partition coefficient (Wildman–Crippen LogP) is 5.94. The van der Waals surface area contributed by atoms with Crippen LogP contribution in [0.15, 0.2) is 77.7 Å². The molecule has 0 fully saturated rings. The number of carbonyl (C=O) groups is 2. The molecule has 2 N–H and O–H groups in total. The van der Waals surface area contributed by atoms with E-state index in [1.165, 1.54) is 36.0 Å². The lowest BCUT2D eigenvalue weighted by molar-refractivity contribution is -0.384. The number of benzene rings is 3. The lowest BCUT2D eigenvalue weighted by atomic mass is 10.1. The van der Waals surface area contributed by atoms with E-state index < -0.39 is 4.92 Å². The van der Waals surface area contributed by atoms with Crippen molar-refractivity contribution in [2.45, 2.75) is 29.9 Å². The molecule has 170 valence electrons. The first-order valence-corrected chi connectivity index (χ1v) is 11.5. The van der Waals surface area contributed by atoms with Crippen LogP contribution >= 0.6 is 23.4 Å². The van der Waals surface area contributed by atoms with Gasteiger partial charge in [-0.1, -0.05) is 36.7 Å². The zero-order valence-electron chi connectivity index (χ0n) is 17.8. The molecule has 2 amide bonds. The van der Waals surface area contributed by atoms with Crippen LogP contribution in [0.2, 0.25) is 5.02 Å². The molecule has 1 unspecified atom stereocenters. The van der Waals surface area contributed by atoms with Gasteiger partial charge in [0.1, 0.15) is 0 Å². The summed E-state index contributed by atoms with van der Waals surface area (Å²) in [5.41, 5.74) is 1.96. The highest BCUT2D eigenvalue weighted by molar-refractivity contribution is 8.00. The van der Waals surface area contributed by atoms with Gasteiger partial charge in [0.2, 0.25) is 11.8 Å². The highest BCUT2D eigenvalue weighted by Gasteiger charge is 2.19. The molecule has 0 saturated carbocycles. The number of hydrogen-bond donors (Lipinski definition) is 2. The van der Waals surface area contributed by atoms with Crippen LogP contribution in [0.1, 0.15) is 18.9 Å². The van der Waals surface area contributed by atoms with Gasteiger partial charge in [-0.25, -0.2) is 0 Å². The quantitative estimate of drug-likeness (QED) is 0.223. The van der Waals surface area contributed by atoms with Gasteiger partial charge in [-0.3, -0.25) is 19.7 Å². The van der Waals surface area contributed by atoms with Crippen LogP contribution in [0.5, 0.6) is 0 Å². The number of nitrogens with zero attached hydrogens (tertiary/aromatic N) is 1. The van der Waals surface area contributed by atoms with Crippen molar-refractivity contribution in [3.63, 3.8) is 0 Å². The molecule has 0 bridgehead atoms. The third-order valence-corrected chi connectivity index (χ3v) is 6.29. The Kier molecular flexibility index (Phi) is 8.46. The zero-order valence-corrected chi connectivity index (χ0v) is 19.4. The fraction of sp³-hybridized carbons (Fsp3) is 0.167. The first kappa shape index (κ1) is 24.3. The number of anilines is 2. The molecule has 0 aliphatic carbocycles. The summed E-state index contributed by atoms with van der Waals surface area (Å²) < 4.78 is 0. The van der Waals surface area contributed by atoms with E-state index in [1.54, 1.807) is 18.2 Å². The number of carbonyl (C=O) groups excluding carboxylic acids is 2. The van der Waals surface area contributed by atoms with Gasteiger partial charge in [-0.2, -0.15) is 0 Å². The molecule has 33 heavy (non-hydrogen) atoms. The van der Waals surface area contributed by atoms with Crippen molar-refractivity contribution in [3.8, 4) is 0 Å². The molecular formula is C24H22ClN3O4S. The summed E-state index contributed by atoms with van der Waals surface area (Å²) in [6.45, 7) is 1.91. The number of nitro benzene ring substituents is 1. The van der Waals surface area contributed by atoms with Crippen molar-refractivity contribution in [2.24, 2.45) is 0 Å². The molecule has 9 heteroatoms. The zero-order chi connectivity index (χ0) is 23.8. The second kappa shape index (κ2) is 11.5. The number of thioether (sulfide) groups is 1. The van der Waals surface area contributed by atoms with Crippen molar-refractivity contribution < 1.29 is 14.5 Å². The van der Waals surface area contributed by atoms with E-state index in [2.05, 4.69) is 10.6 Å². The lowest BCUT2D eigenvalue weighted by Crippen LogP contribution is -2.24. The Morgan fingerprint density at radius 1 is 1.00 bits per heavy atom. The van der Waals surface area contributed by atoms with Crippen LogP contribution in [0, 0.1) is 10.1 Å². The number of halogens is 1. The smallest absolute Gasteiger partial charge is 0.269 e. The average molecular weight is 484 g/mol. The van der Waals surface area contributed by atoms with Crippen molar-refractivity contribution in [2.75, 3.05) is 10.6 Å². The molecule has 0 spiro atoms. The minimum absolute atomic E-state index is 0.0376. The number of nitro groups is 1. The number of hydrogen-bond acceptors (Lipinski definition) is 5. The van der Waals surface area contributed by atoms with Crippen molar-refractivity contribution in [1.29, 1.82) is 0 Å². The van der Waals surface area contributed by atoms with Crippen LogP contribution < -0.4 is 10.6 Å². The molecule has 3 rings (SSSR count). The highest BCUT2D eigenvalue weighted by Crippen LogP contribution is 2.29. The summed E-state index contributed by atoms with van der Waals surface area (Å²) in [5, 5.41) is 16.7. The summed E-state index contributed by atoms with van der Waals surface area (Å²) in [4.78, 5) is 36.2. The van der Waals surface area contributed by atoms with E-state index in [0.717, 1.165) is 10.5 Å². The largest absolute Gasteiger partial charge is 0.326 e. The van der Waals surface area contributed by atoms with Gasteiger partial charge in [0, 0.05) is 33.4 Å². The first-order valence-electron chi connectivity index (χ1n) is 10.2. The van der Waals surface area contributed by atoms with Gasteiger partial charge >= 0.3 is 0 Å². The number of amides is 2. The Labute approximate surface area is 200 Å². The number of rotatable bonds is 9. The van der Waals surface area contributed by atoms with Gasteiger partial charge in [0.05, 0.1) is 16.6 Å². The molecule has 0 saturated heterocycles. The second-order valence-electron chi connectivity index (χ2n) is 7.19. The Bertz CT molecular complexity index is 1140. The van der Waals surface area contributed by atoms with Gasteiger partial charge in [-0.05, 0) is 54.4 Å². The molecular weight excluding hydrogens is 462 g/mol. The van der Waals surface area contributed by atoms with Gasteiger partial charge < -0.3 is 10.6 Å². The maximum atomic E-state index is 12.7. The van der Waals surface area contributed by atoms with E-state index >= 15 is 0 Å². The van der Waals surface area contributed by atoms with Gasteiger partial charge in [0.15, 0.2) is 0 Å². The van der Waals surface area contributed by atoms with Crippen molar-refractivity contribution in [3.05, 3.63) is 93.5 Å². The Balaban J connectivity index is 1.59. The number of nitrogens with one attached hydrogen (secondary N) is 2. The summed E-state index contributed by atoms with van der Waals surface area (Å²) in [7, 11) is 0. The predicted molar refractivity (Wildman–Crippen MR) is 132 cm³/mol.